The van der Waals surface area contributed by atoms with E-state index in [4.69, 9.17) is 0 Å². The molecule has 1 aromatic carbocycles. The van der Waals surface area contributed by atoms with E-state index in [-0.39, 0.29) is 11.8 Å². The zero-order valence-electron chi connectivity index (χ0n) is 18.0. The summed E-state index contributed by atoms with van der Waals surface area (Å²) in [4.78, 5) is 29.0. The van der Waals surface area contributed by atoms with Crippen LogP contribution in [-0.2, 0) is 16.0 Å². The van der Waals surface area contributed by atoms with Gasteiger partial charge in [0, 0.05) is 37.9 Å². The lowest BCUT2D eigenvalue weighted by molar-refractivity contribution is -0.132. The summed E-state index contributed by atoms with van der Waals surface area (Å²) in [5.41, 5.74) is 2.05. The van der Waals surface area contributed by atoms with Crippen molar-refractivity contribution in [2.45, 2.75) is 52.0 Å². The number of carbonyl (C=O) groups excluding carboxylic acids is 2. The molecule has 1 aliphatic carbocycles. The normalized spacial score (nSPS) is 23.0. The number of anilines is 1. The Morgan fingerprint density at radius 1 is 1.07 bits per heavy atom. The first-order valence-electron chi connectivity index (χ1n) is 11.2. The van der Waals surface area contributed by atoms with Gasteiger partial charge < -0.3 is 15.5 Å². The van der Waals surface area contributed by atoms with Crippen molar-refractivity contribution in [2.24, 2.45) is 5.92 Å². The Kier molecular flexibility index (Phi) is 8.07. The predicted octanol–water partition coefficient (Wildman–Crippen LogP) is 2.50. The average Bonchev–Trinajstić information content (AvgIpc) is 2.74. The van der Waals surface area contributed by atoms with Crippen LogP contribution in [-0.4, -0.2) is 66.9 Å². The highest BCUT2D eigenvalue weighted by atomic mass is 16.2. The molecule has 1 saturated carbocycles. The Labute approximate surface area is 175 Å². The molecule has 2 amide bonds. The Morgan fingerprint density at radius 3 is 2.52 bits per heavy atom. The highest BCUT2D eigenvalue weighted by Gasteiger charge is 2.25. The maximum Gasteiger partial charge on any atom is 0.238 e. The summed E-state index contributed by atoms with van der Waals surface area (Å²) < 4.78 is 0. The molecule has 0 spiro atoms. The average molecular weight is 401 g/mol. The number of hydrogen-bond acceptors (Lipinski definition) is 4. The van der Waals surface area contributed by atoms with Crippen LogP contribution in [0.15, 0.2) is 24.3 Å². The molecule has 6 heteroatoms. The minimum Gasteiger partial charge on any atom is -0.339 e. The summed E-state index contributed by atoms with van der Waals surface area (Å²) in [7, 11) is 0. The lowest BCUT2D eigenvalue weighted by Gasteiger charge is -2.35. The number of piperazine rings is 1. The third-order valence-corrected chi connectivity index (χ3v) is 6.39. The van der Waals surface area contributed by atoms with Crippen LogP contribution in [0.4, 0.5) is 5.69 Å². The Balaban J connectivity index is 1.38. The van der Waals surface area contributed by atoms with Gasteiger partial charge in [-0.25, -0.2) is 0 Å². The maximum atomic E-state index is 12.6. The lowest BCUT2D eigenvalue weighted by atomic mass is 9.86. The van der Waals surface area contributed by atoms with E-state index < -0.39 is 0 Å². The number of aryl methyl sites for hydroxylation is 1. The molecule has 0 bridgehead atoms. The Morgan fingerprint density at radius 2 is 1.79 bits per heavy atom. The molecule has 160 valence electrons. The van der Waals surface area contributed by atoms with Crippen molar-refractivity contribution in [3.8, 4) is 0 Å². The summed E-state index contributed by atoms with van der Waals surface area (Å²) in [6.45, 7) is 8.05. The molecule has 2 atom stereocenters. The van der Waals surface area contributed by atoms with Crippen LogP contribution in [0, 0.1) is 5.92 Å². The smallest absolute Gasteiger partial charge is 0.238 e. The molecule has 2 unspecified atom stereocenters. The summed E-state index contributed by atoms with van der Waals surface area (Å²) in [6.07, 6.45) is 5.91. The minimum absolute atomic E-state index is 0.0126. The van der Waals surface area contributed by atoms with Crippen LogP contribution < -0.4 is 10.6 Å². The van der Waals surface area contributed by atoms with Gasteiger partial charge in [-0.05, 0) is 36.8 Å². The van der Waals surface area contributed by atoms with Gasteiger partial charge in [0.1, 0.15) is 0 Å². The Hall–Kier alpha value is -1.92. The van der Waals surface area contributed by atoms with Crippen molar-refractivity contribution >= 4 is 17.5 Å². The first kappa shape index (κ1) is 21.8. The van der Waals surface area contributed by atoms with Crippen molar-refractivity contribution in [1.29, 1.82) is 0 Å². The first-order valence-corrected chi connectivity index (χ1v) is 11.2. The van der Waals surface area contributed by atoms with Crippen LogP contribution in [0.25, 0.3) is 0 Å². The van der Waals surface area contributed by atoms with Crippen LogP contribution in [0.2, 0.25) is 0 Å². The molecule has 1 heterocycles. The SMILES string of the molecule is CCc1ccccc1NC(=O)CN1CCN(C(=O)CNC2CCCCC2C)CC1. The summed E-state index contributed by atoms with van der Waals surface area (Å²) >= 11 is 0. The highest BCUT2D eigenvalue weighted by molar-refractivity contribution is 5.93. The largest absolute Gasteiger partial charge is 0.339 e. The fraction of sp³-hybridized carbons (Fsp3) is 0.652. The van der Waals surface area contributed by atoms with Crippen molar-refractivity contribution in [1.82, 2.24) is 15.1 Å². The fourth-order valence-corrected chi connectivity index (χ4v) is 4.45. The van der Waals surface area contributed by atoms with Gasteiger partial charge in [-0.15, -0.1) is 0 Å². The second-order valence-electron chi connectivity index (χ2n) is 8.46. The van der Waals surface area contributed by atoms with Gasteiger partial charge in [0.15, 0.2) is 0 Å². The molecular formula is C23H36N4O2. The molecule has 2 fully saturated rings. The van der Waals surface area contributed by atoms with Crippen LogP contribution in [0.3, 0.4) is 0 Å². The van der Waals surface area contributed by atoms with E-state index in [2.05, 4.69) is 29.4 Å². The number of carbonyl (C=O) groups is 2. The van der Waals surface area contributed by atoms with E-state index in [0.717, 1.165) is 30.8 Å². The van der Waals surface area contributed by atoms with Gasteiger partial charge in [0.25, 0.3) is 0 Å². The zero-order valence-corrected chi connectivity index (χ0v) is 18.0. The van der Waals surface area contributed by atoms with E-state index in [1.807, 2.05) is 29.2 Å². The molecule has 1 saturated heterocycles. The van der Waals surface area contributed by atoms with Crippen LogP contribution >= 0.6 is 0 Å². The Bertz CT molecular complexity index is 685. The molecular weight excluding hydrogens is 364 g/mol. The number of amides is 2. The zero-order chi connectivity index (χ0) is 20.6. The topological polar surface area (TPSA) is 64.7 Å². The molecule has 3 rings (SSSR count). The molecule has 29 heavy (non-hydrogen) atoms. The summed E-state index contributed by atoms with van der Waals surface area (Å²) in [6, 6.07) is 8.41. The number of rotatable bonds is 7. The third kappa shape index (κ3) is 6.28. The van der Waals surface area contributed by atoms with Gasteiger partial charge in [0.2, 0.25) is 11.8 Å². The van der Waals surface area contributed by atoms with Crippen molar-refractivity contribution < 1.29 is 9.59 Å². The minimum atomic E-state index is 0.0126. The van der Waals surface area contributed by atoms with Crippen LogP contribution in [0.1, 0.15) is 45.1 Å². The van der Waals surface area contributed by atoms with E-state index in [1.165, 1.54) is 25.7 Å². The summed E-state index contributed by atoms with van der Waals surface area (Å²) in [5.74, 6) is 0.854. The number of hydrogen-bond donors (Lipinski definition) is 2. The van der Waals surface area contributed by atoms with Gasteiger partial charge in [0.05, 0.1) is 13.1 Å². The number of nitrogens with zero attached hydrogens (tertiary/aromatic N) is 2. The van der Waals surface area contributed by atoms with Crippen molar-refractivity contribution in [2.75, 3.05) is 44.6 Å². The standard InChI is InChI=1S/C23H36N4O2/c1-3-19-9-5-7-11-21(19)25-22(28)17-26-12-14-27(15-13-26)23(29)16-24-20-10-6-4-8-18(20)2/h5,7,9,11,18,20,24H,3-4,6,8,10,12-17H2,1-2H3,(H,25,28). The van der Waals surface area contributed by atoms with E-state index in [9.17, 15) is 9.59 Å². The molecule has 0 aromatic heterocycles. The third-order valence-electron chi connectivity index (χ3n) is 6.39. The number of para-hydroxylation sites is 1. The molecule has 6 nitrogen and oxygen atoms in total. The molecule has 0 radical (unpaired) electrons. The molecule has 2 aliphatic rings. The maximum absolute atomic E-state index is 12.6. The monoisotopic (exact) mass is 400 g/mol. The molecule has 1 aromatic rings. The predicted molar refractivity (Wildman–Crippen MR) is 117 cm³/mol. The van der Waals surface area contributed by atoms with Gasteiger partial charge in [-0.2, -0.15) is 0 Å². The first-order chi connectivity index (χ1) is 14.1. The van der Waals surface area contributed by atoms with E-state index in [0.29, 0.717) is 38.1 Å². The fourth-order valence-electron chi connectivity index (χ4n) is 4.45. The lowest BCUT2D eigenvalue weighted by Crippen LogP contribution is -2.53. The molecule has 2 N–H and O–H groups in total. The quantitative estimate of drug-likeness (QED) is 0.738. The van der Waals surface area contributed by atoms with Gasteiger partial charge >= 0.3 is 0 Å². The second kappa shape index (κ2) is 10.7. The molecule has 1 aliphatic heterocycles. The van der Waals surface area contributed by atoms with Gasteiger partial charge in [-0.1, -0.05) is 44.9 Å². The van der Waals surface area contributed by atoms with Crippen LogP contribution in [0.5, 0.6) is 0 Å². The number of benzene rings is 1. The summed E-state index contributed by atoms with van der Waals surface area (Å²) in [5, 5.41) is 6.51. The highest BCUT2D eigenvalue weighted by Crippen LogP contribution is 2.23. The van der Waals surface area contributed by atoms with Crippen molar-refractivity contribution in [3.05, 3.63) is 29.8 Å². The number of nitrogens with one attached hydrogen (secondary N) is 2. The van der Waals surface area contributed by atoms with E-state index in [1.54, 1.807) is 0 Å². The second-order valence-corrected chi connectivity index (χ2v) is 8.46. The van der Waals surface area contributed by atoms with Gasteiger partial charge in [-0.3, -0.25) is 14.5 Å². The van der Waals surface area contributed by atoms with Crippen molar-refractivity contribution in [3.63, 3.8) is 0 Å². The van der Waals surface area contributed by atoms with E-state index >= 15 is 0 Å².